The number of carboxylic acids is 1. The van der Waals surface area contributed by atoms with E-state index in [0.717, 1.165) is 0 Å². The van der Waals surface area contributed by atoms with Crippen molar-refractivity contribution in [2.24, 2.45) is 0 Å². The molecule has 0 amide bonds. The average Bonchev–Trinajstić information content (AvgIpc) is 2.40. The van der Waals surface area contributed by atoms with Crippen molar-refractivity contribution in [1.29, 1.82) is 0 Å². The smallest absolute Gasteiger partial charge is 0.354 e. The molecule has 8 nitrogen and oxygen atoms in total. The summed E-state index contributed by atoms with van der Waals surface area (Å²) in [6.07, 6.45) is 0. The number of aromatic carboxylic acids is 1. The molecular formula is C12H8BrN3O5. The third kappa shape index (κ3) is 3.31. The topological polar surface area (TPSA) is 115 Å². The van der Waals surface area contributed by atoms with Crippen molar-refractivity contribution < 1.29 is 19.6 Å². The normalized spacial score (nSPS) is 10.2. The Kier molecular flexibility index (Phi) is 4.13. The van der Waals surface area contributed by atoms with E-state index in [1.54, 1.807) is 6.92 Å². The maximum absolute atomic E-state index is 10.9. The monoisotopic (exact) mass is 353 g/mol. The fourth-order valence-corrected chi connectivity index (χ4v) is 2.00. The van der Waals surface area contributed by atoms with Crippen LogP contribution in [0.1, 0.15) is 16.2 Å². The molecule has 1 aromatic carbocycles. The molecule has 1 N–H and O–H groups in total. The van der Waals surface area contributed by atoms with Gasteiger partial charge in [0.05, 0.1) is 4.92 Å². The van der Waals surface area contributed by atoms with E-state index in [1.807, 2.05) is 0 Å². The predicted molar refractivity (Wildman–Crippen MR) is 74.6 cm³/mol. The Morgan fingerprint density at radius 2 is 2.14 bits per heavy atom. The highest BCUT2D eigenvalue weighted by Gasteiger charge is 2.18. The molecule has 0 aliphatic carbocycles. The van der Waals surface area contributed by atoms with Crippen LogP contribution >= 0.6 is 15.9 Å². The van der Waals surface area contributed by atoms with Gasteiger partial charge in [0.1, 0.15) is 4.47 Å². The van der Waals surface area contributed by atoms with Gasteiger partial charge in [0.25, 0.3) is 5.69 Å². The Bertz CT molecular complexity index is 735. The summed E-state index contributed by atoms with van der Waals surface area (Å²) >= 11 is 3.07. The van der Waals surface area contributed by atoms with Gasteiger partial charge in [0.2, 0.25) is 0 Å². The van der Waals surface area contributed by atoms with Gasteiger partial charge < -0.3 is 9.84 Å². The molecule has 0 bridgehead atoms. The molecule has 2 aromatic rings. The molecule has 0 saturated carbocycles. The second-order valence-corrected chi connectivity index (χ2v) is 4.72. The van der Waals surface area contributed by atoms with Crippen LogP contribution in [0.4, 0.5) is 5.69 Å². The first-order valence-corrected chi connectivity index (χ1v) is 6.37. The fraction of sp³-hybridized carbons (Fsp3) is 0.0833. The molecule has 0 atom stereocenters. The number of carboxylic acid groups (broad SMARTS) is 1. The van der Waals surface area contributed by atoms with Crippen LogP contribution in [0.5, 0.6) is 11.8 Å². The number of aromatic nitrogens is 2. The number of nitro groups is 1. The highest BCUT2D eigenvalue weighted by molar-refractivity contribution is 9.10. The Morgan fingerprint density at radius 3 is 2.76 bits per heavy atom. The maximum atomic E-state index is 10.9. The molecule has 0 aliphatic rings. The van der Waals surface area contributed by atoms with Crippen LogP contribution in [0.3, 0.4) is 0 Å². The maximum Gasteiger partial charge on any atom is 0.354 e. The molecule has 0 radical (unpaired) electrons. The van der Waals surface area contributed by atoms with Gasteiger partial charge in [-0.15, -0.1) is 0 Å². The highest BCUT2D eigenvalue weighted by Crippen LogP contribution is 2.35. The van der Waals surface area contributed by atoms with Gasteiger partial charge in [0.15, 0.2) is 11.4 Å². The first-order chi connectivity index (χ1) is 9.88. The van der Waals surface area contributed by atoms with E-state index >= 15 is 0 Å². The summed E-state index contributed by atoms with van der Waals surface area (Å²) in [5.74, 6) is -1.10. The summed E-state index contributed by atoms with van der Waals surface area (Å²) in [6, 6.07) is 5.30. The number of carbonyl (C=O) groups is 1. The summed E-state index contributed by atoms with van der Waals surface area (Å²) in [6.45, 7) is 1.59. The van der Waals surface area contributed by atoms with Crippen molar-refractivity contribution >= 4 is 27.6 Å². The standard InChI is InChI=1S/C12H8BrN3O5/c1-6-5-7(11(17)18)15-12(14-6)21-9-4-2-3-8(10(9)13)16(19)20/h2-5H,1H3,(H,17,18). The van der Waals surface area contributed by atoms with Crippen molar-refractivity contribution in [3.05, 3.63) is 50.2 Å². The van der Waals surface area contributed by atoms with Crippen molar-refractivity contribution in [3.63, 3.8) is 0 Å². The summed E-state index contributed by atoms with van der Waals surface area (Å²) in [4.78, 5) is 28.8. The zero-order valence-corrected chi connectivity index (χ0v) is 12.2. The zero-order chi connectivity index (χ0) is 15.6. The minimum atomic E-state index is -1.22. The van der Waals surface area contributed by atoms with Gasteiger partial charge in [-0.25, -0.2) is 9.78 Å². The van der Waals surface area contributed by atoms with Gasteiger partial charge in [-0.2, -0.15) is 4.98 Å². The molecule has 9 heteroatoms. The Morgan fingerprint density at radius 1 is 1.43 bits per heavy atom. The molecular weight excluding hydrogens is 346 g/mol. The van der Waals surface area contributed by atoms with Gasteiger partial charge in [-0.1, -0.05) is 6.07 Å². The number of rotatable bonds is 4. The lowest BCUT2D eigenvalue weighted by Gasteiger charge is -2.07. The zero-order valence-electron chi connectivity index (χ0n) is 10.6. The van der Waals surface area contributed by atoms with E-state index in [1.165, 1.54) is 24.3 Å². The Hall–Kier alpha value is -2.55. The molecule has 2 rings (SSSR count). The summed E-state index contributed by atoms with van der Waals surface area (Å²) in [7, 11) is 0. The first kappa shape index (κ1) is 14.9. The van der Waals surface area contributed by atoms with E-state index in [9.17, 15) is 14.9 Å². The Balaban J connectivity index is 2.41. The number of nitro benzene ring substituents is 1. The van der Waals surface area contributed by atoms with Crippen LogP contribution in [-0.4, -0.2) is 26.0 Å². The van der Waals surface area contributed by atoms with Crippen molar-refractivity contribution in [2.75, 3.05) is 0 Å². The number of hydrogen-bond donors (Lipinski definition) is 1. The van der Waals surface area contributed by atoms with Crippen molar-refractivity contribution in [1.82, 2.24) is 9.97 Å². The van der Waals surface area contributed by atoms with Crippen LogP contribution < -0.4 is 4.74 Å². The van der Waals surface area contributed by atoms with Gasteiger partial charge in [-0.05, 0) is 35.0 Å². The molecule has 0 unspecified atom stereocenters. The highest BCUT2D eigenvalue weighted by atomic mass is 79.9. The van der Waals surface area contributed by atoms with E-state index in [4.69, 9.17) is 9.84 Å². The molecule has 1 heterocycles. The SMILES string of the molecule is Cc1cc(C(=O)O)nc(Oc2cccc([N+](=O)[O-])c2Br)n1. The van der Waals surface area contributed by atoms with Crippen LogP contribution in [0.15, 0.2) is 28.7 Å². The van der Waals surface area contributed by atoms with Crippen LogP contribution in [-0.2, 0) is 0 Å². The fourth-order valence-electron chi connectivity index (χ4n) is 1.51. The average molecular weight is 354 g/mol. The lowest BCUT2D eigenvalue weighted by atomic mass is 10.3. The minimum Gasteiger partial charge on any atom is -0.477 e. The van der Waals surface area contributed by atoms with E-state index in [-0.39, 0.29) is 27.6 Å². The summed E-state index contributed by atoms with van der Waals surface area (Å²) in [5, 5.41) is 19.8. The second kappa shape index (κ2) is 5.83. The number of ether oxygens (including phenoxy) is 1. The number of benzene rings is 1. The van der Waals surface area contributed by atoms with Crippen LogP contribution in [0.25, 0.3) is 0 Å². The lowest BCUT2D eigenvalue weighted by molar-refractivity contribution is -0.385. The third-order valence-electron chi connectivity index (χ3n) is 2.39. The van der Waals surface area contributed by atoms with E-state index in [0.29, 0.717) is 5.69 Å². The van der Waals surface area contributed by atoms with Crippen molar-refractivity contribution in [2.45, 2.75) is 6.92 Å². The van der Waals surface area contributed by atoms with E-state index in [2.05, 4.69) is 25.9 Å². The van der Waals surface area contributed by atoms with Crippen LogP contribution in [0, 0.1) is 17.0 Å². The largest absolute Gasteiger partial charge is 0.477 e. The molecule has 108 valence electrons. The second-order valence-electron chi connectivity index (χ2n) is 3.93. The predicted octanol–water partition coefficient (Wildman–Crippen LogP) is 2.95. The number of hydrogen-bond acceptors (Lipinski definition) is 6. The van der Waals surface area contributed by atoms with Gasteiger partial charge in [0, 0.05) is 11.8 Å². The molecule has 0 fully saturated rings. The van der Waals surface area contributed by atoms with Gasteiger partial charge in [-0.3, -0.25) is 10.1 Å². The number of aryl methyl sites for hydroxylation is 1. The molecule has 1 aromatic heterocycles. The minimum absolute atomic E-state index is 0.117. The molecule has 0 spiro atoms. The van der Waals surface area contributed by atoms with Crippen molar-refractivity contribution in [3.8, 4) is 11.8 Å². The first-order valence-electron chi connectivity index (χ1n) is 5.58. The van der Waals surface area contributed by atoms with Crippen LogP contribution in [0.2, 0.25) is 0 Å². The summed E-state index contributed by atoms with van der Waals surface area (Å²) < 4.78 is 5.46. The summed E-state index contributed by atoms with van der Waals surface area (Å²) in [5.41, 5.74) is -0.00313. The van der Waals surface area contributed by atoms with E-state index < -0.39 is 10.9 Å². The molecule has 0 aliphatic heterocycles. The quantitative estimate of drug-likeness (QED) is 0.663. The molecule has 0 saturated heterocycles. The number of halogens is 1. The Labute approximate surface area is 126 Å². The molecule has 21 heavy (non-hydrogen) atoms. The third-order valence-corrected chi connectivity index (χ3v) is 3.19. The number of nitrogens with zero attached hydrogens (tertiary/aromatic N) is 3. The van der Waals surface area contributed by atoms with Gasteiger partial charge >= 0.3 is 12.0 Å². The lowest BCUT2D eigenvalue weighted by Crippen LogP contribution is -2.04.